The first kappa shape index (κ1) is 20.6. The molecular formula is C16H25N7O4. The number of nitrogens with zero attached hydrogens (tertiary/aromatic N) is 4. The second-order valence-electron chi connectivity index (χ2n) is 6.38. The van der Waals surface area contributed by atoms with E-state index in [2.05, 4.69) is 36.4 Å². The van der Waals surface area contributed by atoms with Gasteiger partial charge in [-0.3, -0.25) is 29.2 Å². The van der Waals surface area contributed by atoms with Crippen molar-refractivity contribution < 1.29 is 19.5 Å². The normalized spacial score (nSPS) is 26.7. The van der Waals surface area contributed by atoms with Crippen LogP contribution in [0.15, 0.2) is 30.3 Å². The number of carboxylic acids is 1. The summed E-state index contributed by atoms with van der Waals surface area (Å²) < 4.78 is 0. The lowest BCUT2D eigenvalue weighted by atomic mass is 10.2. The van der Waals surface area contributed by atoms with Gasteiger partial charge in [0, 0.05) is 5.56 Å². The van der Waals surface area contributed by atoms with Crippen molar-refractivity contribution in [1.29, 1.82) is 0 Å². The third-order valence-electron chi connectivity index (χ3n) is 3.84. The van der Waals surface area contributed by atoms with Crippen LogP contribution in [-0.2, 0) is 4.79 Å². The fraction of sp³-hybridized carbons (Fsp3) is 0.438. The predicted octanol–water partition coefficient (Wildman–Crippen LogP) is -1.49. The van der Waals surface area contributed by atoms with Gasteiger partial charge in [0.05, 0.1) is 40.0 Å². The van der Waals surface area contributed by atoms with Gasteiger partial charge in [-0.15, -0.1) is 0 Å². The highest BCUT2D eigenvalue weighted by molar-refractivity contribution is 5.95. The summed E-state index contributed by atoms with van der Waals surface area (Å²) in [5.41, 5.74) is 8.96. The zero-order chi connectivity index (χ0) is 19.8. The molecule has 0 unspecified atom stereocenters. The van der Waals surface area contributed by atoms with Gasteiger partial charge in [-0.25, -0.2) is 4.79 Å². The summed E-state index contributed by atoms with van der Waals surface area (Å²) in [6.07, 6.45) is 0. The van der Waals surface area contributed by atoms with Gasteiger partial charge < -0.3 is 21.9 Å². The molecule has 0 spiro atoms. The van der Waals surface area contributed by atoms with Gasteiger partial charge in [0.1, 0.15) is 6.54 Å². The first-order valence-electron chi connectivity index (χ1n) is 8.33. The van der Waals surface area contributed by atoms with Crippen molar-refractivity contribution in [2.45, 2.75) is 0 Å². The summed E-state index contributed by atoms with van der Waals surface area (Å²) in [6, 6.07) is 7.63. The second-order valence-corrected chi connectivity index (χ2v) is 6.38. The van der Waals surface area contributed by atoms with E-state index in [0.29, 0.717) is 5.56 Å². The summed E-state index contributed by atoms with van der Waals surface area (Å²) in [7, 11) is 0. The van der Waals surface area contributed by atoms with E-state index < -0.39 is 12.0 Å². The Balaban J connectivity index is 0.000000165. The van der Waals surface area contributed by atoms with Crippen molar-refractivity contribution in [3.8, 4) is 0 Å². The standard InChI is InChI=1S/C9H9NO3.C6H12N4.CH4N2O/c11-8(12)6-10-9(13)7-4-2-1-3-5-7;1-7-2-9-4-8(1)5-10(3-7)6-9;2-1(3)4/h1-5H,6H2,(H,10,13)(H,11,12);1-6H2;(H4,2,3,4). The van der Waals surface area contributed by atoms with Crippen molar-refractivity contribution >= 4 is 17.9 Å². The zero-order valence-electron chi connectivity index (χ0n) is 15.0. The fourth-order valence-electron chi connectivity index (χ4n) is 3.08. The molecule has 148 valence electrons. The third kappa shape index (κ3) is 7.19. The lowest BCUT2D eigenvalue weighted by Crippen LogP contribution is -2.71. The molecule has 4 aliphatic rings. The number of hydrogen-bond donors (Lipinski definition) is 4. The minimum absolute atomic E-state index is 0.353. The maximum atomic E-state index is 11.2. The van der Waals surface area contributed by atoms with Crippen LogP contribution in [0.5, 0.6) is 0 Å². The van der Waals surface area contributed by atoms with Crippen LogP contribution in [0, 0.1) is 0 Å². The molecule has 4 saturated heterocycles. The van der Waals surface area contributed by atoms with E-state index in [0.717, 1.165) is 0 Å². The first-order chi connectivity index (χ1) is 12.8. The quantitative estimate of drug-likeness (QED) is 0.496. The van der Waals surface area contributed by atoms with Crippen LogP contribution in [0.1, 0.15) is 10.4 Å². The molecule has 4 bridgehead atoms. The molecule has 0 radical (unpaired) electrons. The van der Waals surface area contributed by atoms with Crippen LogP contribution in [0.3, 0.4) is 0 Å². The lowest BCUT2D eigenvalue weighted by molar-refractivity contribution is -0.194. The Morgan fingerprint density at radius 2 is 1.22 bits per heavy atom. The predicted molar refractivity (Wildman–Crippen MR) is 96.7 cm³/mol. The van der Waals surface area contributed by atoms with Gasteiger partial charge in [0.2, 0.25) is 0 Å². The Hall–Kier alpha value is -2.73. The molecule has 6 N–H and O–H groups in total. The number of amides is 3. The molecule has 27 heavy (non-hydrogen) atoms. The van der Waals surface area contributed by atoms with Crippen molar-refractivity contribution in [3.63, 3.8) is 0 Å². The van der Waals surface area contributed by atoms with E-state index in [1.54, 1.807) is 30.3 Å². The molecule has 0 aliphatic carbocycles. The molecule has 1 aromatic rings. The number of urea groups is 1. The van der Waals surface area contributed by atoms with E-state index >= 15 is 0 Å². The Morgan fingerprint density at radius 3 is 1.56 bits per heavy atom. The maximum Gasteiger partial charge on any atom is 0.322 e. The number of nitrogens with one attached hydrogen (secondary N) is 1. The Bertz CT molecular complexity index is 595. The molecule has 4 fully saturated rings. The molecule has 0 saturated carbocycles. The number of carbonyl (C=O) groups is 3. The van der Waals surface area contributed by atoms with Gasteiger partial charge in [0.25, 0.3) is 5.91 Å². The van der Waals surface area contributed by atoms with E-state index in [1.807, 2.05) is 0 Å². The van der Waals surface area contributed by atoms with E-state index in [-0.39, 0.29) is 12.5 Å². The fourth-order valence-corrected chi connectivity index (χ4v) is 3.08. The highest BCUT2D eigenvalue weighted by atomic mass is 16.4. The third-order valence-corrected chi connectivity index (χ3v) is 3.84. The smallest absolute Gasteiger partial charge is 0.322 e. The van der Waals surface area contributed by atoms with Gasteiger partial charge in [-0.05, 0) is 12.1 Å². The Kier molecular flexibility index (Phi) is 7.49. The zero-order valence-corrected chi connectivity index (χ0v) is 15.0. The average Bonchev–Trinajstić information content (AvgIpc) is 2.59. The SMILES string of the molecule is C1N2CN3CN1CN(C2)C3.NC(N)=O.O=C(O)CNC(=O)c1ccccc1. The van der Waals surface area contributed by atoms with Gasteiger partial charge in [-0.2, -0.15) is 0 Å². The minimum Gasteiger partial charge on any atom is -0.480 e. The molecule has 5 rings (SSSR count). The maximum absolute atomic E-state index is 11.2. The van der Waals surface area contributed by atoms with Crippen molar-refractivity contribution in [3.05, 3.63) is 35.9 Å². The molecule has 1 aromatic carbocycles. The van der Waals surface area contributed by atoms with Crippen molar-refractivity contribution in [2.24, 2.45) is 11.5 Å². The van der Waals surface area contributed by atoms with E-state index in [9.17, 15) is 9.59 Å². The number of aliphatic carboxylic acids is 1. The molecule has 0 aromatic heterocycles. The van der Waals surface area contributed by atoms with Gasteiger partial charge in [0.15, 0.2) is 0 Å². The topological polar surface area (TPSA) is 148 Å². The minimum atomic E-state index is -1.05. The number of primary amides is 2. The molecule has 0 atom stereocenters. The number of nitrogens with two attached hydrogens (primary N) is 2. The van der Waals surface area contributed by atoms with Gasteiger partial charge >= 0.3 is 12.0 Å². The first-order valence-corrected chi connectivity index (χ1v) is 8.33. The van der Waals surface area contributed by atoms with E-state index in [4.69, 9.17) is 9.90 Å². The molecule has 4 aliphatic heterocycles. The number of benzene rings is 1. The van der Waals surface area contributed by atoms with Crippen LogP contribution < -0.4 is 16.8 Å². The summed E-state index contributed by atoms with van der Waals surface area (Å²) in [6.45, 7) is 6.77. The summed E-state index contributed by atoms with van der Waals surface area (Å²) in [5, 5.41) is 10.6. The average molecular weight is 379 g/mol. The Labute approximate surface area is 157 Å². The summed E-state index contributed by atoms with van der Waals surface area (Å²) >= 11 is 0. The molecule has 3 amide bonds. The highest BCUT2D eigenvalue weighted by Crippen LogP contribution is 2.20. The number of rotatable bonds is 3. The highest BCUT2D eigenvalue weighted by Gasteiger charge is 2.36. The van der Waals surface area contributed by atoms with Crippen LogP contribution in [-0.4, -0.2) is 89.2 Å². The summed E-state index contributed by atoms with van der Waals surface area (Å²) in [4.78, 5) is 40.2. The van der Waals surface area contributed by atoms with Crippen molar-refractivity contribution in [2.75, 3.05) is 46.6 Å². The second kappa shape index (κ2) is 9.83. The molecule has 4 heterocycles. The molecular weight excluding hydrogens is 354 g/mol. The molecule has 11 heteroatoms. The largest absolute Gasteiger partial charge is 0.480 e. The van der Waals surface area contributed by atoms with Crippen LogP contribution in [0.4, 0.5) is 4.79 Å². The number of carboxylic acid groups (broad SMARTS) is 1. The molecule has 11 nitrogen and oxygen atoms in total. The van der Waals surface area contributed by atoms with Crippen LogP contribution >= 0.6 is 0 Å². The van der Waals surface area contributed by atoms with E-state index in [1.165, 1.54) is 40.0 Å². The summed E-state index contributed by atoms with van der Waals surface area (Å²) in [5.74, 6) is -1.42. The van der Waals surface area contributed by atoms with Gasteiger partial charge in [-0.1, -0.05) is 18.2 Å². The van der Waals surface area contributed by atoms with Crippen LogP contribution in [0.25, 0.3) is 0 Å². The van der Waals surface area contributed by atoms with Crippen LogP contribution in [0.2, 0.25) is 0 Å². The number of hydrogen-bond acceptors (Lipinski definition) is 7. The number of carbonyl (C=O) groups excluding carboxylic acids is 2. The van der Waals surface area contributed by atoms with Crippen molar-refractivity contribution in [1.82, 2.24) is 24.9 Å². The monoisotopic (exact) mass is 379 g/mol. The Morgan fingerprint density at radius 1 is 0.852 bits per heavy atom. The lowest BCUT2D eigenvalue weighted by Gasteiger charge is -2.56.